The van der Waals surface area contributed by atoms with E-state index in [-0.39, 0.29) is 72.8 Å². The molecule has 0 amide bonds. The van der Waals surface area contributed by atoms with Crippen molar-refractivity contribution in [2.45, 2.75) is 173 Å². The molecular formula is C66H84O10. The van der Waals surface area contributed by atoms with E-state index in [4.69, 9.17) is 0 Å². The van der Waals surface area contributed by atoms with E-state index in [1.807, 2.05) is 67.5 Å². The number of allylic oxidation sites excluding steroid dienone is 4. The third-order valence-corrected chi connectivity index (χ3v) is 22.9. The molecule has 0 radical (unpaired) electrons. The Hall–Kier alpha value is -4.80. The lowest BCUT2D eigenvalue weighted by Crippen LogP contribution is -2.75. The summed E-state index contributed by atoms with van der Waals surface area (Å²) < 4.78 is 0. The van der Waals surface area contributed by atoms with Gasteiger partial charge in [0.2, 0.25) is 0 Å². The summed E-state index contributed by atoms with van der Waals surface area (Å²) in [6.07, 6.45) is 6.50. The summed E-state index contributed by atoms with van der Waals surface area (Å²) in [6, 6.07) is 17.3. The number of aliphatic hydroxyl groups is 2. The Morgan fingerprint density at radius 1 is 0.487 bits per heavy atom. The quantitative estimate of drug-likeness (QED) is 0.132. The van der Waals surface area contributed by atoms with Gasteiger partial charge < -0.3 is 10.2 Å². The molecule has 0 aromatic heterocycles. The second kappa shape index (κ2) is 16.9. The zero-order valence-electron chi connectivity index (χ0n) is 48.2. The van der Waals surface area contributed by atoms with E-state index >= 15 is 9.59 Å². The fourth-order valence-corrected chi connectivity index (χ4v) is 19.1. The van der Waals surface area contributed by atoms with Gasteiger partial charge in [0.1, 0.15) is 0 Å². The molecule has 0 heterocycles. The molecule has 10 saturated carbocycles. The number of ketones is 8. The normalized spacial score (nSPS) is 38.7. The maximum Gasteiger partial charge on any atom is 0.184 e. The highest BCUT2D eigenvalue weighted by Gasteiger charge is 2.88. The van der Waals surface area contributed by atoms with Crippen molar-refractivity contribution < 1.29 is 48.6 Å². The zero-order chi connectivity index (χ0) is 56.5. The molecule has 0 saturated heterocycles. The highest BCUT2D eigenvalue weighted by atomic mass is 16.3. The predicted octanol–water partition coefficient (Wildman–Crippen LogP) is 11.6. The van der Waals surface area contributed by atoms with Crippen molar-refractivity contribution in [2.24, 2.45) is 89.7 Å². The first kappa shape index (κ1) is 55.9. The van der Waals surface area contributed by atoms with Gasteiger partial charge in [0, 0.05) is 11.1 Å². The van der Waals surface area contributed by atoms with Crippen molar-refractivity contribution in [3.63, 3.8) is 0 Å². The van der Waals surface area contributed by atoms with Crippen LogP contribution >= 0.6 is 0 Å². The van der Waals surface area contributed by atoms with Crippen LogP contribution in [-0.4, -0.2) is 67.7 Å². The molecule has 10 aliphatic rings. The van der Waals surface area contributed by atoms with Crippen LogP contribution in [0.2, 0.25) is 0 Å². The minimum Gasteiger partial charge on any atom is -0.390 e. The molecule has 12 rings (SSSR count). The van der Waals surface area contributed by atoms with Gasteiger partial charge in [-0.25, -0.2) is 0 Å². The zero-order valence-corrected chi connectivity index (χ0v) is 48.2. The maximum atomic E-state index is 15.3. The lowest BCUT2D eigenvalue weighted by Gasteiger charge is -2.60. The maximum absolute atomic E-state index is 15.3. The summed E-state index contributed by atoms with van der Waals surface area (Å²) in [5.41, 5.74) is -12.3. The summed E-state index contributed by atoms with van der Waals surface area (Å²) in [5, 5.41) is 22.6. The first-order valence-electron chi connectivity index (χ1n) is 28.1. The molecule has 2 aromatic rings. The Kier molecular flexibility index (Phi) is 12.4. The molecule has 10 aliphatic carbocycles. The van der Waals surface area contributed by atoms with Crippen molar-refractivity contribution in [1.82, 2.24) is 0 Å². The summed E-state index contributed by atoms with van der Waals surface area (Å²) in [4.78, 5) is 120. The van der Waals surface area contributed by atoms with Crippen molar-refractivity contribution in [3.05, 3.63) is 95.1 Å². The van der Waals surface area contributed by atoms with Gasteiger partial charge in [0.25, 0.3) is 0 Å². The molecule has 12 atom stereocenters. The number of carbonyl (C=O) groups excluding carboxylic acids is 8. The van der Waals surface area contributed by atoms with Crippen molar-refractivity contribution in [2.75, 3.05) is 0 Å². The Morgan fingerprint density at radius 3 is 1.07 bits per heavy atom. The molecule has 2 aromatic carbocycles. The van der Waals surface area contributed by atoms with Crippen LogP contribution in [0.15, 0.2) is 84.0 Å². The molecule has 2 spiro atoms. The van der Waals surface area contributed by atoms with Gasteiger partial charge in [0.05, 0.1) is 32.9 Å². The highest BCUT2D eigenvalue weighted by molar-refractivity contribution is 6.43. The average Bonchev–Trinajstić information content (AvgIpc) is 3.81. The first-order valence-corrected chi connectivity index (χ1v) is 28.1. The third-order valence-electron chi connectivity index (χ3n) is 22.9. The molecule has 10 heteroatoms. The molecule has 0 unspecified atom stereocenters. The molecule has 10 fully saturated rings. The van der Waals surface area contributed by atoms with Crippen molar-refractivity contribution in [3.8, 4) is 0 Å². The largest absolute Gasteiger partial charge is 0.390 e. The fraction of sp³-hybridized carbons (Fsp3) is 0.636. The molecule has 408 valence electrons. The van der Waals surface area contributed by atoms with Crippen molar-refractivity contribution >= 4 is 46.3 Å². The van der Waals surface area contributed by atoms with Gasteiger partial charge in [0.15, 0.2) is 57.1 Å². The van der Waals surface area contributed by atoms with Gasteiger partial charge >= 0.3 is 0 Å². The summed E-state index contributed by atoms with van der Waals surface area (Å²) in [5.74, 6) is -5.29. The average molecular weight is 1040 g/mol. The van der Waals surface area contributed by atoms with Crippen LogP contribution in [0.4, 0.5) is 0 Å². The standard InChI is InChI=1S/2C33H42O5/c2*1-19(2)14-15-31-17-21-16-22-28(3,4)23(30(7,8)38)18-32(22,25(31)35)27(37)33(26(31)36,29(21,5)6)24(34)20-12-10-9-11-13-20/h2*9-14,21-23,38H,15-18H2,1-8H3/t2*21-,22+,23+,31-,32+,33-/m00/s1. The number of hydrogen-bond acceptors (Lipinski definition) is 10. The second-order valence-corrected chi connectivity index (χ2v) is 29.2. The number of carbonyl (C=O) groups is 8. The molecule has 76 heavy (non-hydrogen) atoms. The van der Waals surface area contributed by atoms with Gasteiger partial charge in [-0.3, -0.25) is 38.4 Å². The number of benzene rings is 2. The van der Waals surface area contributed by atoms with Crippen LogP contribution in [0.5, 0.6) is 0 Å². The second-order valence-electron chi connectivity index (χ2n) is 29.2. The fourth-order valence-electron chi connectivity index (χ4n) is 19.1. The van der Waals surface area contributed by atoms with Crippen LogP contribution in [0.25, 0.3) is 0 Å². The summed E-state index contributed by atoms with van der Waals surface area (Å²) >= 11 is 0. The smallest absolute Gasteiger partial charge is 0.184 e. The third kappa shape index (κ3) is 6.58. The molecule has 2 N–H and O–H groups in total. The Bertz CT molecular complexity index is 2750. The van der Waals surface area contributed by atoms with Crippen LogP contribution in [-0.2, 0) is 28.8 Å². The minimum absolute atomic E-state index is 0.169. The number of hydrogen-bond donors (Lipinski definition) is 2. The van der Waals surface area contributed by atoms with E-state index in [1.54, 1.807) is 88.4 Å². The lowest BCUT2D eigenvalue weighted by atomic mass is 9.37. The van der Waals surface area contributed by atoms with E-state index in [2.05, 4.69) is 27.7 Å². The molecule has 10 nitrogen and oxygen atoms in total. The van der Waals surface area contributed by atoms with Crippen LogP contribution in [0.1, 0.15) is 183 Å². The summed E-state index contributed by atoms with van der Waals surface area (Å²) in [7, 11) is 0. The van der Waals surface area contributed by atoms with Gasteiger partial charge in [-0.05, 0) is 164 Å². The van der Waals surface area contributed by atoms with Crippen LogP contribution in [0, 0.1) is 89.7 Å². The molecular weight excluding hydrogens is 953 g/mol. The SMILES string of the molecule is CC(C)=CC[C@]12C[C@@H]3C[C@@H]4C(C)(C)[C@H](C(C)(C)O)C[C@@]4(C1=O)C(=O)[C@](C(=O)c1ccccc1)(C2=O)C3(C)C.CC(C)=CC[C@]12C[C@@H]3C[C@@H]4C(C)(C)[C@H](C(C)(C)O)C[C@@]4(C1=O)C(=O)[C@](C(=O)c1ccccc1)(C2=O)C3(C)C. The van der Waals surface area contributed by atoms with Crippen LogP contribution < -0.4 is 0 Å². The van der Waals surface area contributed by atoms with Crippen molar-refractivity contribution in [1.29, 1.82) is 0 Å². The number of Topliss-reactive ketones (excluding diaryl/α,β-unsaturated/α-hetero) is 8. The van der Waals surface area contributed by atoms with E-state index in [9.17, 15) is 39.0 Å². The highest BCUT2D eigenvalue weighted by Crippen LogP contribution is 2.79. The first-order chi connectivity index (χ1) is 34.9. The van der Waals surface area contributed by atoms with Gasteiger partial charge in [-0.1, -0.05) is 139 Å². The van der Waals surface area contributed by atoms with E-state index in [0.717, 1.165) is 11.1 Å². The van der Waals surface area contributed by atoms with Gasteiger partial charge in [-0.15, -0.1) is 0 Å². The Balaban J connectivity index is 0.000000186. The van der Waals surface area contributed by atoms with E-state index in [1.165, 1.54) is 0 Å². The Labute approximate surface area is 451 Å². The molecule has 0 aliphatic heterocycles. The topological polar surface area (TPSA) is 177 Å². The predicted molar refractivity (Wildman–Crippen MR) is 291 cm³/mol. The summed E-state index contributed by atoms with van der Waals surface area (Å²) in [6.45, 7) is 30.6. The monoisotopic (exact) mass is 1040 g/mol. The molecule has 8 bridgehead atoms. The van der Waals surface area contributed by atoms with E-state index in [0.29, 0.717) is 36.8 Å². The van der Waals surface area contributed by atoms with E-state index < -0.39 is 100 Å². The van der Waals surface area contributed by atoms with Gasteiger partial charge in [-0.2, -0.15) is 0 Å². The Morgan fingerprint density at radius 2 is 0.789 bits per heavy atom. The minimum atomic E-state index is -1.94. The number of rotatable bonds is 10. The van der Waals surface area contributed by atoms with Crippen LogP contribution in [0.3, 0.4) is 0 Å². The lowest BCUT2D eigenvalue weighted by molar-refractivity contribution is -0.184.